The summed E-state index contributed by atoms with van der Waals surface area (Å²) in [6.07, 6.45) is -0.198. The Morgan fingerprint density at radius 1 is 1.18 bits per heavy atom. The molecule has 2 bridgehead atoms. The Balaban J connectivity index is 1.97. The van der Waals surface area contributed by atoms with Crippen LogP contribution in [0.25, 0.3) is 0 Å². The second kappa shape index (κ2) is 5.24. The van der Waals surface area contributed by atoms with Crippen molar-refractivity contribution in [1.82, 2.24) is 4.90 Å². The molecule has 2 nitrogen and oxygen atoms in total. The molecule has 122 valence electrons. The van der Waals surface area contributed by atoms with Gasteiger partial charge in [0.05, 0.1) is 11.2 Å². The molecule has 22 heavy (non-hydrogen) atoms. The largest absolute Gasteiger partial charge is 0.416 e. The Morgan fingerprint density at radius 2 is 1.77 bits per heavy atom. The zero-order valence-corrected chi connectivity index (χ0v) is 13.0. The Morgan fingerprint density at radius 3 is 2.32 bits per heavy atom. The van der Waals surface area contributed by atoms with E-state index in [2.05, 4.69) is 11.9 Å². The van der Waals surface area contributed by atoms with Crippen LogP contribution in [-0.2, 0) is 11.8 Å². The Hall–Kier alpha value is -1.07. The lowest BCUT2D eigenvalue weighted by molar-refractivity contribution is -0.138. The van der Waals surface area contributed by atoms with E-state index in [4.69, 9.17) is 0 Å². The zero-order chi connectivity index (χ0) is 16.1. The molecule has 0 amide bonds. The summed E-state index contributed by atoms with van der Waals surface area (Å²) in [6, 6.07) is 4.80. The van der Waals surface area contributed by atoms with Crippen LogP contribution in [0.3, 0.4) is 0 Å². The van der Waals surface area contributed by atoms with Crippen molar-refractivity contribution in [2.45, 2.75) is 62.9 Å². The second-order valence-electron chi connectivity index (χ2n) is 6.87. The van der Waals surface area contributed by atoms with E-state index in [0.717, 1.165) is 25.3 Å². The number of benzene rings is 1. The number of rotatable bonds is 1. The molecule has 3 rings (SSSR count). The summed E-state index contributed by atoms with van der Waals surface area (Å²) >= 11 is 0. The van der Waals surface area contributed by atoms with Crippen molar-refractivity contribution >= 4 is 0 Å². The topological polar surface area (TPSA) is 23.5 Å². The average molecular weight is 313 g/mol. The highest BCUT2D eigenvalue weighted by Gasteiger charge is 2.45. The normalized spacial score (nSPS) is 33.0. The van der Waals surface area contributed by atoms with Gasteiger partial charge in [-0.05, 0) is 56.8 Å². The highest BCUT2D eigenvalue weighted by Crippen LogP contribution is 2.45. The van der Waals surface area contributed by atoms with Gasteiger partial charge in [-0.2, -0.15) is 13.2 Å². The molecule has 0 aliphatic carbocycles. The fraction of sp³-hybridized carbons (Fsp3) is 0.647. The van der Waals surface area contributed by atoms with Gasteiger partial charge in [-0.15, -0.1) is 0 Å². The van der Waals surface area contributed by atoms with Crippen LogP contribution in [0.5, 0.6) is 0 Å². The van der Waals surface area contributed by atoms with Crippen LogP contribution in [-0.4, -0.2) is 29.1 Å². The molecule has 0 spiro atoms. The van der Waals surface area contributed by atoms with Gasteiger partial charge in [-0.1, -0.05) is 18.6 Å². The molecular weight excluding hydrogens is 291 g/mol. The second-order valence-corrected chi connectivity index (χ2v) is 6.87. The van der Waals surface area contributed by atoms with Crippen LogP contribution in [0, 0.1) is 6.92 Å². The Kier molecular flexibility index (Phi) is 3.76. The summed E-state index contributed by atoms with van der Waals surface area (Å²) in [5, 5.41) is 11.1. The molecule has 2 fully saturated rings. The summed E-state index contributed by atoms with van der Waals surface area (Å²) in [6.45, 7) is 1.46. The van der Waals surface area contributed by atoms with Crippen molar-refractivity contribution in [3.05, 3.63) is 34.9 Å². The third-order valence-corrected chi connectivity index (χ3v) is 5.45. The first-order chi connectivity index (χ1) is 10.2. The minimum Gasteiger partial charge on any atom is -0.385 e. The van der Waals surface area contributed by atoms with Crippen LogP contribution in [0.1, 0.15) is 48.8 Å². The lowest BCUT2D eigenvalue weighted by Crippen LogP contribution is -2.55. The SMILES string of the molecule is Cc1ccc(C2(O)CC3CCCC(C2)N3C)cc1C(F)(F)F. The van der Waals surface area contributed by atoms with E-state index in [1.165, 1.54) is 13.0 Å². The number of piperidine rings is 2. The number of aliphatic hydroxyl groups is 1. The fourth-order valence-electron chi connectivity index (χ4n) is 4.10. The van der Waals surface area contributed by atoms with Crippen LogP contribution in [0.4, 0.5) is 13.2 Å². The highest BCUT2D eigenvalue weighted by molar-refractivity contribution is 5.36. The van der Waals surface area contributed by atoms with Gasteiger partial charge in [0.2, 0.25) is 0 Å². The summed E-state index contributed by atoms with van der Waals surface area (Å²) in [5.74, 6) is 0. The summed E-state index contributed by atoms with van der Waals surface area (Å²) in [7, 11) is 2.06. The lowest BCUT2D eigenvalue weighted by Gasteiger charge is -2.51. The molecule has 2 aliphatic rings. The van der Waals surface area contributed by atoms with Crippen LogP contribution in [0.2, 0.25) is 0 Å². The molecule has 2 unspecified atom stereocenters. The molecule has 1 aromatic rings. The van der Waals surface area contributed by atoms with Gasteiger partial charge in [0, 0.05) is 12.1 Å². The number of nitrogens with zero attached hydrogens (tertiary/aromatic N) is 1. The number of aryl methyl sites for hydroxylation is 1. The van der Waals surface area contributed by atoms with Crippen molar-refractivity contribution in [3.8, 4) is 0 Å². The molecule has 2 atom stereocenters. The predicted octanol–water partition coefficient (Wildman–Crippen LogP) is 3.85. The predicted molar refractivity (Wildman–Crippen MR) is 78.5 cm³/mol. The maximum absolute atomic E-state index is 13.1. The fourth-order valence-corrected chi connectivity index (χ4v) is 4.10. The number of alkyl halides is 3. The maximum Gasteiger partial charge on any atom is 0.416 e. The summed E-state index contributed by atoms with van der Waals surface area (Å²) in [5.41, 5.74) is -1.17. The number of halogens is 3. The molecule has 2 saturated heterocycles. The first kappa shape index (κ1) is 15.8. The zero-order valence-electron chi connectivity index (χ0n) is 13.0. The Bertz CT molecular complexity index is 556. The Labute approximate surface area is 128 Å². The van der Waals surface area contributed by atoms with E-state index in [1.54, 1.807) is 6.07 Å². The molecule has 2 heterocycles. The van der Waals surface area contributed by atoms with E-state index in [0.29, 0.717) is 18.4 Å². The van der Waals surface area contributed by atoms with Crippen molar-refractivity contribution in [1.29, 1.82) is 0 Å². The van der Waals surface area contributed by atoms with Crippen molar-refractivity contribution in [3.63, 3.8) is 0 Å². The molecule has 1 N–H and O–H groups in total. The first-order valence-corrected chi connectivity index (χ1v) is 7.83. The lowest BCUT2D eigenvalue weighted by atomic mass is 9.72. The summed E-state index contributed by atoms with van der Waals surface area (Å²) in [4.78, 5) is 2.29. The van der Waals surface area contributed by atoms with Crippen LogP contribution in [0.15, 0.2) is 18.2 Å². The molecule has 5 heteroatoms. The molecular formula is C17H22F3NO. The quantitative estimate of drug-likeness (QED) is 0.851. The maximum atomic E-state index is 13.1. The third kappa shape index (κ3) is 2.65. The highest BCUT2D eigenvalue weighted by atomic mass is 19.4. The van der Waals surface area contributed by atoms with Gasteiger partial charge in [-0.25, -0.2) is 0 Å². The van der Waals surface area contributed by atoms with E-state index < -0.39 is 17.3 Å². The van der Waals surface area contributed by atoms with E-state index in [9.17, 15) is 18.3 Å². The van der Waals surface area contributed by atoms with Crippen LogP contribution >= 0.6 is 0 Å². The third-order valence-electron chi connectivity index (χ3n) is 5.45. The van der Waals surface area contributed by atoms with Crippen molar-refractivity contribution in [2.24, 2.45) is 0 Å². The first-order valence-electron chi connectivity index (χ1n) is 7.83. The molecule has 1 aromatic carbocycles. The van der Waals surface area contributed by atoms with Gasteiger partial charge in [0.15, 0.2) is 0 Å². The van der Waals surface area contributed by atoms with Gasteiger partial charge in [-0.3, -0.25) is 0 Å². The van der Waals surface area contributed by atoms with Gasteiger partial charge in [0.1, 0.15) is 0 Å². The van der Waals surface area contributed by atoms with Crippen LogP contribution < -0.4 is 0 Å². The minimum atomic E-state index is -4.38. The monoisotopic (exact) mass is 313 g/mol. The minimum absolute atomic E-state index is 0.202. The number of hydrogen-bond donors (Lipinski definition) is 1. The molecule has 0 radical (unpaired) electrons. The molecule has 0 saturated carbocycles. The van der Waals surface area contributed by atoms with E-state index in [-0.39, 0.29) is 17.6 Å². The standard InChI is InChI=1S/C17H22F3NO/c1-11-6-7-12(8-15(11)17(18,19)20)16(22)9-13-4-3-5-14(10-16)21(13)2/h6-8,13-14,22H,3-5,9-10H2,1-2H3. The van der Waals surface area contributed by atoms with Crippen molar-refractivity contribution in [2.75, 3.05) is 7.05 Å². The van der Waals surface area contributed by atoms with Gasteiger partial charge < -0.3 is 10.0 Å². The smallest absolute Gasteiger partial charge is 0.385 e. The molecule has 0 aromatic heterocycles. The van der Waals surface area contributed by atoms with Gasteiger partial charge >= 0.3 is 6.18 Å². The van der Waals surface area contributed by atoms with E-state index in [1.807, 2.05) is 0 Å². The van der Waals surface area contributed by atoms with Crippen molar-refractivity contribution < 1.29 is 18.3 Å². The average Bonchev–Trinajstić information content (AvgIpc) is 2.40. The molecule has 2 aliphatic heterocycles. The van der Waals surface area contributed by atoms with Gasteiger partial charge in [0.25, 0.3) is 0 Å². The van der Waals surface area contributed by atoms with E-state index >= 15 is 0 Å². The summed E-state index contributed by atoms with van der Waals surface area (Å²) < 4.78 is 39.4. The number of fused-ring (bicyclic) bond motifs is 2. The number of hydrogen-bond acceptors (Lipinski definition) is 2.